The summed E-state index contributed by atoms with van der Waals surface area (Å²) in [4.78, 5) is 12.5. The number of nitrogens with one attached hydrogen (secondary N) is 1. The van der Waals surface area contributed by atoms with Gasteiger partial charge in [-0.25, -0.2) is 8.42 Å². The van der Waals surface area contributed by atoms with Crippen LogP contribution in [0.5, 0.6) is 11.5 Å². The van der Waals surface area contributed by atoms with Gasteiger partial charge >= 0.3 is 0 Å². The molecule has 1 aliphatic rings. The van der Waals surface area contributed by atoms with Crippen molar-refractivity contribution in [3.05, 3.63) is 47.5 Å². The first kappa shape index (κ1) is 22.1. The second kappa shape index (κ2) is 9.46. The number of ether oxygens (including phenoxy) is 3. The molecule has 30 heavy (non-hydrogen) atoms. The number of hydrogen-bond acceptors (Lipinski definition) is 6. The van der Waals surface area contributed by atoms with Crippen LogP contribution in [0.25, 0.3) is 0 Å². The molecule has 2 aromatic rings. The van der Waals surface area contributed by atoms with Crippen molar-refractivity contribution in [2.45, 2.75) is 18.7 Å². The van der Waals surface area contributed by atoms with Crippen molar-refractivity contribution in [3.63, 3.8) is 0 Å². The molecule has 2 aromatic carbocycles. The number of nitrogens with zero attached hydrogens (tertiary/aromatic N) is 1. The molecule has 0 aliphatic carbocycles. The Hall–Kier alpha value is -2.62. The minimum atomic E-state index is -3.67. The standard InChI is InChI=1S/C21H26N2O6S/c1-15-4-7-18(19(12-15)27-3)29-14-21(24)22-17-6-5-16(2)20(13-17)30(25,26)23-8-10-28-11-9-23/h4-7,12-13H,8-11,14H2,1-3H3,(H,22,24). The zero-order valence-electron chi connectivity index (χ0n) is 17.3. The van der Waals surface area contributed by atoms with Crippen molar-refractivity contribution in [2.75, 3.05) is 45.3 Å². The molecule has 3 rings (SSSR count). The Kier molecular flexibility index (Phi) is 6.96. The normalized spacial score (nSPS) is 14.9. The predicted molar refractivity (Wildman–Crippen MR) is 113 cm³/mol. The molecule has 0 saturated carbocycles. The minimum Gasteiger partial charge on any atom is -0.493 e. The van der Waals surface area contributed by atoms with Gasteiger partial charge in [-0.1, -0.05) is 12.1 Å². The Labute approximate surface area is 176 Å². The fourth-order valence-corrected chi connectivity index (χ4v) is 4.77. The van der Waals surface area contributed by atoms with Crippen LogP contribution >= 0.6 is 0 Å². The fraction of sp³-hybridized carbons (Fsp3) is 0.381. The van der Waals surface area contributed by atoms with E-state index in [1.807, 2.05) is 19.1 Å². The molecule has 9 heteroatoms. The second-order valence-electron chi connectivity index (χ2n) is 6.99. The average molecular weight is 435 g/mol. The molecule has 0 aromatic heterocycles. The highest BCUT2D eigenvalue weighted by molar-refractivity contribution is 7.89. The molecule has 162 valence electrons. The highest BCUT2D eigenvalue weighted by Crippen LogP contribution is 2.28. The van der Waals surface area contributed by atoms with Crippen LogP contribution in [-0.2, 0) is 19.6 Å². The first-order valence-corrected chi connectivity index (χ1v) is 11.0. The third kappa shape index (κ3) is 5.10. The maximum atomic E-state index is 13.0. The lowest BCUT2D eigenvalue weighted by molar-refractivity contribution is -0.118. The van der Waals surface area contributed by atoms with Gasteiger partial charge in [-0.05, 0) is 49.2 Å². The monoisotopic (exact) mass is 434 g/mol. The Morgan fingerprint density at radius 2 is 1.83 bits per heavy atom. The van der Waals surface area contributed by atoms with E-state index in [4.69, 9.17) is 14.2 Å². The van der Waals surface area contributed by atoms with Crippen LogP contribution in [0.1, 0.15) is 11.1 Å². The van der Waals surface area contributed by atoms with Gasteiger partial charge < -0.3 is 19.5 Å². The van der Waals surface area contributed by atoms with Crippen molar-refractivity contribution < 1.29 is 27.4 Å². The highest BCUT2D eigenvalue weighted by Gasteiger charge is 2.28. The molecule has 0 radical (unpaired) electrons. The number of anilines is 1. The third-order valence-corrected chi connectivity index (χ3v) is 6.78. The molecule has 1 amide bonds. The lowest BCUT2D eigenvalue weighted by Gasteiger charge is -2.26. The number of methoxy groups -OCH3 is 1. The molecule has 8 nitrogen and oxygen atoms in total. The van der Waals surface area contributed by atoms with E-state index in [1.165, 1.54) is 17.5 Å². The summed E-state index contributed by atoms with van der Waals surface area (Å²) in [7, 11) is -2.13. The Balaban J connectivity index is 1.70. The molecule has 1 aliphatic heterocycles. The van der Waals surface area contributed by atoms with Gasteiger partial charge in [-0.3, -0.25) is 4.79 Å². The fourth-order valence-electron chi connectivity index (χ4n) is 3.12. The summed E-state index contributed by atoms with van der Waals surface area (Å²) in [5, 5.41) is 2.69. The van der Waals surface area contributed by atoms with Gasteiger partial charge in [0.2, 0.25) is 10.0 Å². The van der Waals surface area contributed by atoms with Crippen LogP contribution in [-0.4, -0.2) is 58.7 Å². The molecule has 1 N–H and O–H groups in total. The summed E-state index contributed by atoms with van der Waals surface area (Å²) in [5.74, 6) is 0.589. The van der Waals surface area contributed by atoms with Crippen LogP contribution in [0.15, 0.2) is 41.3 Å². The van der Waals surface area contributed by atoms with Crippen LogP contribution in [0.3, 0.4) is 0 Å². The zero-order chi connectivity index (χ0) is 21.7. The van der Waals surface area contributed by atoms with Gasteiger partial charge in [0.15, 0.2) is 18.1 Å². The maximum absolute atomic E-state index is 13.0. The van der Waals surface area contributed by atoms with E-state index in [9.17, 15) is 13.2 Å². The van der Waals surface area contributed by atoms with E-state index >= 15 is 0 Å². The van der Waals surface area contributed by atoms with Gasteiger partial charge in [0.25, 0.3) is 5.91 Å². The number of carbonyl (C=O) groups excluding carboxylic acids is 1. The van der Waals surface area contributed by atoms with Gasteiger partial charge in [0, 0.05) is 18.8 Å². The van der Waals surface area contributed by atoms with E-state index in [-0.39, 0.29) is 11.5 Å². The molecular formula is C21H26N2O6S. The number of morpholine rings is 1. The molecule has 0 bridgehead atoms. The first-order chi connectivity index (χ1) is 14.3. The summed E-state index contributed by atoms with van der Waals surface area (Å²) in [6, 6.07) is 10.2. The summed E-state index contributed by atoms with van der Waals surface area (Å²) in [6.45, 7) is 4.78. The second-order valence-corrected chi connectivity index (χ2v) is 8.89. The molecule has 0 unspecified atom stereocenters. The molecule has 1 fully saturated rings. The number of rotatable bonds is 7. The smallest absolute Gasteiger partial charge is 0.262 e. The highest BCUT2D eigenvalue weighted by atomic mass is 32.2. The number of sulfonamides is 1. The van der Waals surface area contributed by atoms with Gasteiger partial charge in [-0.15, -0.1) is 0 Å². The molecule has 1 heterocycles. The van der Waals surface area contributed by atoms with Crippen LogP contribution < -0.4 is 14.8 Å². The Morgan fingerprint density at radius 1 is 1.10 bits per heavy atom. The molecule has 0 atom stereocenters. The summed E-state index contributed by atoms with van der Waals surface area (Å²) in [6.07, 6.45) is 0. The number of carbonyl (C=O) groups is 1. The number of amides is 1. The minimum absolute atomic E-state index is 0.170. The van der Waals surface area contributed by atoms with Crippen molar-refractivity contribution in [1.29, 1.82) is 0 Å². The molecule has 1 saturated heterocycles. The van der Waals surface area contributed by atoms with Gasteiger partial charge in [0.05, 0.1) is 25.2 Å². The topological polar surface area (TPSA) is 94.2 Å². The summed E-state index contributed by atoms with van der Waals surface area (Å²) in [5.41, 5.74) is 2.01. The largest absolute Gasteiger partial charge is 0.493 e. The zero-order valence-corrected chi connectivity index (χ0v) is 18.1. The Bertz CT molecular complexity index is 1020. The van der Waals surface area contributed by atoms with Crippen LogP contribution in [0.4, 0.5) is 5.69 Å². The lowest BCUT2D eigenvalue weighted by atomic mass is 10.2. The van der Waals surface area contributed by atoms with Crippen molar-refractivity contribution in [2.24, 2.45) is 0 Å². The van der Waals surface area contributed by atoms with E-state index in [0.29, 0.717) is 49.1 Å². The molecule has 0 spiro atoms. The van der Waals surface area contributed by atoms with E-state index in [0.717, 1.165) is 5.56 Å². The first-order valence-electron chi connectivity index (χ1n) is 9.57. The third-order valence-electron chi connectivity index (χ3n) is 4.74. The van der Waals surface area contributed by atoms with Crippen molar-refractivity contribution in [1.82, 2.24) is 4.31 Å². The SMILES string of the molecule is COc1cc(C)ccc1OCC(=O)Nc1ccc(C)c(S(=O)(=O)N2CCOCC2)c1. The lowest BCUT2D eigenvalue weighted by Crippen LogP contribution is -2.40. The van der Waals surface area contributed by atoms with E-state index < -0.39 is 15.9 Å². The summed E-state index contributed by atoms with van der Waals surface area (Å²) >= 11 is 0. The maximum Gasteiger partial charge on any atom is 0.262 e. The molecular weight excluding hydrogens is 408 g/mol. The summed E-state index contributed by atoms with van der Waals surface area (Å²) < 4.78 is 43.4. The van der Waals surface area contributed by atoms with Gasteiger partial charge in [0.1, 0.15) is 0 Å². The van der Waals surface area contributed by atoms with Gasteiger partial charge in [-0.2, -0.15) is 4.31 Å². The average Bonchev–Trinajstić information content (AvgIpc) is 2.74. The quantitative estimate of drug-likeness (QED) is 0.719. The number of hydrogen-bond donors (Lipinski definition) is 1. The van der Waals surface area contributed by atoms with E-state index in [1.54, 1.807) is 25.1 Å². The van der Waals surface area contributed by atoms with Crippen molar-refractivity contribution >= 4 is 21.6 Å². The van der Waals surface area contributed by atoms with Crippen LogP contribution in [0, 0.1) is 13.8 Å². The van der Waals surface area contributed by atoms with E-state index in [2.05, 4.69) is 5.32 Å². The number of aryl methyl sites for hydroxylation is 2. The number of benzene rings is 2. The van der Waals surface area contributed by atoms with Crippen molar-refractivity contribution in [3.8, 4) is 11.5 Å². The van der Waals surface area contributed by atoms with Crippen LogP contribution in [0.2, 0.25) is 0 Å². The Morgan fingerprint density at radius 3 is 2.53 bits per heavy atom. The predicted octanol–water partition coefficient (Wildman–Crippen LogP) is 2.35.